The molecular formula is C10H13N3O2S. The fraction of sp³-hybridized carbons (Fsp3) is 0.400. The van der Waals surface area contributed by atoms with Crippen molar-refractivity contribution in [1.29, 1.82) is 0 Å². The Morgan fingerprint density at radius 3 is 3.06 bits per heavy atom. The van der Waals surface area contributed by atoms with E-state index in [1.165, 1.54) is 11.3 Å². The summed E-state index contributed by atoms with van der Waals surface area (Å²) in [6.45, 7) is 2.85. The number of aromatic nitrogens is 2. The third-order valence-electron chi connectivity index (χ3n) is 2.37. The van der Waals surface area contributed by atoms with Crippen LogP contribution in [0.15, 0.2) is 11.6 Å². The quantitative estimate of drug-likeness (QED) is 0.885. The number of hydrogen-bond donors (Lipinski definition) is 1. The zero-order valence-electron chi connectivity index (χ0n) is 9.17. The van der Waals surface area contributed by atoms with Crippen LogP contribution in [0.2, 0.25) is 0 Å². The van der Waals surface area contributed by atoms with Gasteiger partial charge in [0, 0.05) is 25.2 Å². The van der Waals surface area contributed by atoms with E-state index < -0.39 is 5.97 Å². The van der Waals surface area contributed by atoms with E-state index in [0.717, 1.165) is 17.9 Å². The molecule has 5 nitrogen and oxygen atoms in total. The molecule has 1 N–H and O–H groups in total. The van der Waals surface area contributed by atoms with Gasteiger partial charge in [-0.25, -0.2) is 9.78 Å². The molecule has 0 unspecified atom stereocenters. The molecular weight excluding hydrogens is 226 g/mol. The Balaban J connectivity index is 2.54. The predicted octanol–water partition coefficient (Wildman–Crippen LogP) is 1.94. The highest BCUT2D eigenvalue weighted by molar-refractivity contribution is 7.15. The lowest BCUT2D eigenvalue weighted by molar-refractivity contribution is 0.0690. The van der Waals surface area contributed by atoms with Gasteiger partial charge in [0.15, 0.2) is 16.5 Å². The van der Waals surface area contributed by atoms with E-state index in [-0.39, 0.29) is 5.69 Å². The number of carboxylic acid groups (broad SMARTS) is 1. The van der Waals surface area contributed by atoms with Gasteiger partial charge < -0.3 is 10.0 Å². The molecule has 0 saturated heterocycles. The monoisotopic (exact) mass is 239 g/mol. The van der Waals surface area contributed by atoms with E-state index in [9.17, 15) is 9.90 Å². The van der Waals surface area contributed by atoms with Gasteiger partial charge in [0.1, 0.15) is 0 Å². The van der Waals surface area contributed by atoms with Crippen LogP contribution in [0.4, 0.5) is 5.82 Å². The lowest BCUT2D eigenvalue weighted by Crippen LogP contribution is -2.21. The van der Waals surface area contributed by atoms with Gasteiger partial charge in [0.05, 0.1) is 0 Å². The third kappa shape index (κ3) is 1.65. The summed E-state index contributed by atoms with van der Waals surface area (Å²) < 4.78 is 1.62. The normalized spacial score (nSPS) is 10.9. The molecule has 0 aromatic carbocycles. The Morgan fingerprint density at radius 1 is 1.69 bits per heavy atom. The molecule has 86 valence electrons. The molecule has 0 aliphatic rings. The molecule has 2 aromatic rings. The van der Waals surface area contributed by atoms with Gasteiger partial charge in [-0.1, -0.05) is 6.92 Å². The van der Waals surface area contributed by atoms with Gasteiger partial charge in [-0.15, -0.1) is 11.3 Å². The maximum atomic E-state index is 11.2. The summed E-state index contributed by atoms with van der Waals surface area (Å²) in [5, 5.41) is 11.0. The number of anilines is 1. The lowest BCUT2D eigenvalue weighted by Gasteiger charge is -2.15. The van der Waals surface area contributed by atoms with Crippen LogP contribution in [-0.4, -0.2) is 34.1 Å². The summed E-state index contributed by atoms with van der Waals surface area (Å²) in [6, 6.07) is 0. The first-order valence-corrected chi connectivity index (χ1v) is 5.93. The number of aromatic carboxylic acids is 1. The van der Waals surface area contributed by atoms with Crippen LogP contribution in [0.5, 0.6) is 0 Å². The minimum absolute atomic E-state index is 0.243. The number of thiazole rings is 1. The highest BCUT2D eigenvalue weighted by Gasteiger charge is 2.21. The SMILES string of the molecule is CCCN(C)c1nc2sccn2c1C(=O)O. The first-order valence-electron chi connectivity index (χ1n) is 5.05. The van der Waals surface area contributed by atoms with E-state index >= 15 is 0 Å². The molecule has 6 heteroatoms. The molecule has 0 atom stereocenters. The Kier molecular flexibility index (Phi) is 2.82. The molecule has 0 amide bonds. The van der Waals surface area contributed by atoms with Crippen LogP contribution < -0.4 is 4.90 Å². The second-order valence-electron chi connectivity index (χ2n) is 3.57. The van der Waals surface area contributed by atoms with E-state index in [2.05, 4.69) is 11.9 Å². The lowest BCUT2D eigenvalue weighted by atomic mass is 10.3. The largest absolute Gasteiger partial charge is 0.476 e. The maximum Gasteiger partial charge on any atom is 0.356 e. The molecule has 0 fully saturated rings. The minimum Gasteiger partial charge on any atom is -0.476 e. The number of fused-ring (bicyclic) bond motifs is 1. The number of rotatable bonds is 4. The van der Waals surface area contributed by atoms with Crippen molar-refractivity contribution in [3.05, 3.63) is 17.3 Å². The first-order chi connectivity index (χ1) is 7.65. The summed E-state index contributed by atoms with van der Waals surface area (Å²) in [6.07, 6.45) is 2.69. The van der Waals surface area contributed by atoms with Gasteiger partial charge >= 0.3 is 5.97 Å². The molecule has 0 radical (unpaired) electrons. The van der Waals surface area contributed by atoms with Crippen LogP contribution in [-0.2, 0) is 0 Å². The van der Waals surface area contributed by atoms with Gasteiger partial charge in [0.2, 0.25) is 0 Å². The highest BCUT2D eigenvalue weighted by Crippen LogP contribution is 2.23. The number of imidazole rings is 1. The molecule has 2 rings (SSSR count). The number of hydrogen-bond acceptors (Lipinski definition) is 4. The molecule has 0 aliphatic heterocycles. The second kappa shape index (κ2) is 4.13. The second-order valence-corrected chi connectivity index (χ2v) is 4.44. The summed E-state index contributed by atoms with van der Waals surface area (Å²) in [7, 11) is 1.86. The van der Waals surface area contributed by atoms with Crippen LogP contribution in [0, 0.1) is 0 Å². The average molecular weight is 239 g/mol. The fourth-order valence-electron chi connectivity index (χ4n) is 1.68. The summed E-state index contributed by atoms with van der Waals surface area (Å²) in [5.41, 5.74) is 0.243. The van der Waals surface area contributed by atoms with Gasteiger partial charge in [-0.3, -0.25) is 4.40 Å². The zero-order chi connectivity index (χ0) is 11.7. The van der Waals surface area contributed by atoms with Gasteiger partial charge in [-0.05, 0) is 6.42 Å². The maximum absolute atomic E-state index is 11.2. The van der Waals surface area contributed by atoms with E-state index in [0.29, 0.717) is 5.82 Å². The molecule has 0 aliphatic carbocycles. The Bertz CT molecular complexity index is 517. The van der Waals surface area contributed by atoms with Crippen molar-refractivity contribution in [2.45, 2.75) is 13.3 Å². The molecule has 16 heavy (non-hydrogen) atoms. The number of carbonyl (C=O) groups is 1. The first kappa shape index (κ1) is 10.9. The zero-order valence-corrected chi connectivity index (χ0v) is 9.99. The van der Waals surface area contributed by atoms with Crippen molar-refractivity contribution < 1.29 is 9.90 Å². The van der Waals surface area contributed by atoms with E-state index in [1.807, 2.05) is 17.3 Å². The predicted molar refractivity (Wildman–Crippen MR) is 63.6 cm³/mol. The average Bonchev–Trinajstić information content (AvgIpc) is 2.74. The topological polar surface area (TPSA) is 57.8 Å². The molecule has 2 heterocycles. The van der Waals surface area contributed by atoms with Crippen molar-refractivity contribution >= 4 is 28.1 Å². The van der Waals surface area contributed by atoms with Crippen molar-refractivity contribution in [3.8, 4) is 0 Å². The molecule has 0 spiro atoms. The van der Waals surface area contributed by atoms with Crippen molar-refractivity contribution in [1.82, 2.24) is 9.38 Å². The molecule has 2 aromatic heterocycles. The Morgan fingerprint density at radius 2 is 2.44 bits per heavy atom. The van der Waals surface area contributed by atoms with Gasteiger partial charge in [0.25, 0.3) is 0 Å². The van der Waals surface area contributed by atoms with E-state index in [1.54, 1.807) is 10.6 Å². The summed E-state index contributed by atoms with van der Waals surface area (Å²) in [4.78, 5) is 18.2. The standard InChI is InChI=1S/C10H13N3O2S/c1-3-4-12(2)8-7(9(14)15)13-5-6-16-10(13)11-8/h5-6H,3-4H2,1-2H3,(H,14,15). The van der Waals surface area contributed by atoms with Crippen molar-refractivity contribution in [2.75, 3.05) is 18.5 Å². The third-order valence-corrected chi connectivity index (χ3v) is 3.12. The van der Waals surface area contributed by atoms with Crippen LogP contribution in [0.25, 0.3) is 4.96 Å². The Hall–Kier alpha value is -1.56. The van der Waals surface area contributed by atoms with Crippen molar-refractivity contribution in [3.63, 3.8) is 0 Å². The fourth-order valence-corrected chi connectivity index (χ4v) is 2.39. The number of nitrogens with zero attached hydrogens (tertiary/aromatic N) is 3. The Labute approximate surface area is 96.9 Å². The van der Waals surface area contributed by atoms with Crippen LogP contribution >= 0.6 is 11.3 Å². The van der Waals surface area contributed by atoms with Crippen LogP contribution in [0.3, 0.4) is 0 Å². The minimum atomic E-state index is -0.941. The smallest absolute Gasteiger partial charge is 0.356 e. The van der Waals surface area contributed by atoms with Crippen LogP contribution in [0.1, 0.15) is 23.8 Å². The highest BCUT2D eigenvalue weighted by atomic mass is 32.1. The molecule has 0 bridgehead atoms. The van der Waals surface area contributed by atoms with Crippen molar-refractivity contribution in [2.24, 2.45) is 0 Å². The van der Waals surface area contributed by atoms with Gasteiger partial charge in [-0.2, -0.15) is 0 Å². The van der Waals surface area contributed by atoms with E-state index in [4.69, 9.17) is 0 Å². The molecule has 0 saturated carbocycles. The summed E-state index contributed by atoms with van der Waals surface area (Å²) >= 11 is 1.44. The number of carboxylic acids is 1. The summed E-state index contributed by atoms with van der Waals surface area (Å²) in [5.74, 6) is -0.398.